The highest BCUT2D eigenvalue weighted by Crippen LogP contribution is 2.40. The molecule has 0 spiro atoms. The zero-order valence-corrected chi connectivity index (χ0v) is 15.8. The molecule has 134 valence electrons. The summed E-state index contributed by atoms with van der Waals surface area (Å²) in [5.74, 6) is 0.157. The number of para-hydroxylation sites is 1. The molecule has 0 aliphatic rings. The van der Waals surface area contributed by atoms with Gasteiger partial charge in [0.15, 0.2) is 0 Å². The fourth-order valence-corrected chi connectivity index (χ4v) is 3.36. The third-order valence-electron chi connectivity index (χ3n) is 4.84. The van der Waals surface area contributed by atoms with Crippen LogP contribution < -0.4 is 0 Å². The third kappa shape index (κ3) is 3.13. The standard InChI is InChI=1S/C24H22N2O/c1-16-11-13-19(14-12-16)22-23(20-9-6-7-17(2)15-20)25-26(24(22)27)21-10-5-4-8-18(21)3/h4-15,27H,1-3H3. The van der Waals surface area contributed by atoms with Crippen LogP contribution in [0.4, 0.5) is 0 Å². The van der Waals surface area contributed by atoms with E-state index in [9.17, 15) is 5.11 Å². The molecule has 1 heterocycles. The van der Waals surface area contributed by atoms with Crippen LogP contribution in [0.2, 0.25) is 0 Å². The average Bonchev–Trinajstić information content (AvgIpc) is 3.00. The summed E-state index contributed by atoms with van der Waals surface area (Å²) in [6, 6.07) is 24.3. The summed E-state index contributed by atoms with van der Waals surface area (Å²) in [7, 11) is 0. The summed E-state index contributed by atoms with van der Waals surface area (Å²) in [5, 5.41) is 16.0. The summed E-state index contributed by atoms with van der Waals surface area (Å²) in [6.07, 6.45) is 0. The molecule has 0 atom stereocenters. The molecule has 0 aliphatic heterocycles. The molecule has 0 bridgehead atoms. The lowest BCUT2D eigenvalue weighted by molar-refractivity contribution is 0.435. The van der Waals surface area contributed by atoms with Gasteiger partial charge in [0.1, 0.15) is 5.69 Å². The second-order valence-corrected chi connectivity index (χ2v) is 6.98. The Morgan fingerprint density at radius 2 is 1.48 bits per heavy atom. The van der Waals surface area contributed by atoms with Gasteiger partial charge in [-0.25, -0.2) is 0 Å². The number of hydrogen-bond acceptors (Lipinski definition) is 2. The van der Waals surface area contributed by atoms with Crippen molar-refractivity contribution in [3.63, 3.8) is 0 Å². The molecule has 0 saturated carbocycles. The van der Waals surface area contributed by atoms with Crippen LogP contribution in [-0.4, -0.2) is 14.9 Å². The minimum atomic E-state index is 0.157. The van der Waals surface area contributed by atoms with Crippen LogP contribution in [0.15, 0.2) is 72.8 Å². The van der Waals surface area contributed by atoms with Crippen molar-refractivity contribution in [1.29, 1.82) is 0 Å². The lowest BCUT2D eigenvalue weighted by Crippen LogP contribution is -1.98. The molecule has 0 fully saturated rings. The number of hydrogen-bond donors (Lipinski definition) is 1. The zero-order valence-electron chi connectivity index (χ0n) is 15.8. The van der Waals surface area contributed by atoms with Gasteiger partial charge in [0.25, 0.3) is 0 Å². The Morgan fingerprint density at radius 1 is 0.741 bits per heavy atom. The molecule has 1 aromatic heterocycles. The van der Waals surface area contributed by atoms with Gasteiger partial charge in [0, 0.05) is 5.56 Å². The maximum Gasteiger partial charge on any atom is 0.222 e. The quantitative estimate of drug-likeness (QED) is 0.502. The Labute approximate surface area is 159 Å². The smallest absolute Gasteiger partial charge is 0.222 e. The first-order valence-corrected chi connectivity index (χ1v) is 9.06. The van der Waals surface area contributed by atoms with Gasteiger partial charge in [-0.2, -0.15) is 9.78 Å². The minimum Gasteiger partial charge on any atom is -0.493 e. The van der Waals surface area contributed by atoms with Gasteiger partial charge in [0.2, 0.25) is 5.88 Å². The molecule has 0 aliphatic carbocycles. The topological polar surface area (TPSA) is 38.0 Å². The number of rotatable bonds is 3. The molecule has 0 saturated heterocycles. The molecule has 3 aromatic carbocycles. The molecule has 1 N–H and O–H groups in total. The molecule has 0 unspecified atom stereocenters. The van der Waals surface area contributed by atoms with Crippen molar-refractivity contribution >= 4 is 0 Å². The first-order valence-electron chi connectivity index (χ1n) is 9.06. The number of aryl methyl sites for hydroxylation is 3. The van der Waals surface area contributed by atoms with E-state index in [-0.39, 0.29) is 5.88 Å². The Morgan fingerprint density at radius 3 is 2.19 bits per heavy atom. The maximum absolute atomic E-state index is 11.1. The fraction of sp³-hybridized carbons (Fsp3) is 0.125. The molecule has 4 rings (SSSR count). The van der Waals surface area contributed by atoms with Gasteiger partial charge >= 0.3 is 0 Å². The Hall–Kier alpha value is -3.33. The molecular formula is C24H22N2O. The van der Waals surface area contributed by atoms with Gasteiger partial charge in [0.05, 0.1) is 11.3 Å². The van der Waals surface area contributed by atoms with E-state index in [2.05, 4.69) is 38.1 Å². The number of aromatic nitrogens is 2. The van der Waals surface area contributed by atoms with Gasteiger partial charge in [-0.1, -0.05) is 71.8 Å². The zero-order chi connectivity index (χ0) is 19.0. The molecule has 27 heavy (non-hydrogen) atoms. The van der Waals surface area contributed by atoms with Crippen molar-refractivity contribution in [3.05, 3.63) is 89.5 Å². The highest BCUT2D eigenvalue weighted by Gasteiger charge is 2.22. The van der Waals surface area contributed by atoms with Crippen molar-refractivity contribution in [3.8, 4) is 34.0 Å². The van der Waals surface area contributed by atoms with Gasteiger partial charge in [-0.15, -0.1) is 0 Å². The monoisotopic (exact) mass is 354 g/mol. The van der Waals surface area contributed by atoms with E-state index < -0.39 is 0 Å². The van der Waals surface area contributed by atoms with E-state index in [4.69, 9.17) is 5.10 Å². The van der Waals surface area contributed by atoms with Crippen molar-refractivity contribution in [2.45, 2.75) is 20.8 Å². The van der Waals surface area contributed by atoms with Gasteiger partial charge in [-0.05, 0) is 44.0 Å². The largest absolute Gasteiger partial charge is 0.493 e. The maximum atomic E-state index is 11.1. The third-order valence-corrected chi connectivity index (χ3v) is 4.84. The second kappa shape index (κ2) is 6.76. The predicted octanol–water partition coefficient (Wildman–Crippen LogP) is 5.84. The van der Waals surface area contributed by atoms with E-state index >= 15 is 0 Å². The Kier molecular flexibility index (Phi) is 4.28. The highest BCUT2D eigenvalue weighted by atomic mass is 16.3. The van der Waals surface area contributed by atoms with Crippen LogP contribution >= 0.6 is 0 Å². The second-order valence-electron chi connectivity index (χ2n) is 6.98. The highest BCUT2D eigenvalue weighted by molar-refractivity contribution is 5.85. The van der Waals surface area contributed by atoms with Crippen LogP contribution in [0, 0.1) is 20.8 Å². The van der Waals surface area contributed by atoms with E-state index in [1.165, 1.54) is 5.56 Å². The van der Waals surface area contributed by atoms with Gasteiger partial charge < -0.3 is 5.11 Å². The first kappa shape index (κ1) is 17.1. The number of aromatic hydroxyl groups is 1. The van der Waals surface area contributed by atoms with Crippen molar-refractivity contribution in [2.75, 3.05) is 0 Å². The van der Waals surface area contributed by atoms with Gasteiger partial charge in [-0.3, -0.25) is 0 Å². The summed E-state index contributed by atoms with van der Waals surface area (Å²) < 4.78 is 1.64. The molecule has 4 aromatic rings. The van der Waals surface area contributed by atoms with E-state index in [1.807, 2.05) is 55.5 Å². The first-order chi connectivity index (χ1) is 13.0. The Bertz CT molecular complexity index is 1110. The van der Waals surface area contributed by atoms with E-state index in [1.54, 1.807) is 4.68 Å². The summed E-state index contributed by atoms with van der Waals surface area (Å²) >= 11 is 0. The summed E-state index contributed by atoms with van der Waals surface area (Å²) in [4.78, 5) is 0. The lowest BCUT2D eigenvalue weighted by atomic mass is 9.99. The SMILES string of the molecule is Cc1ccc(-c2c(-c3cccc(C)c3)nn(-c3ccccc3C)c2O)cc1. The summed E-state index contributed by atoms with van der Waals surface area (Å²) in [6.45, 7) is 6.14. The van der Waals surface area contributed by atoms with E-state index in [0.717, 1.165) is 39.2 Å². The lowest BCUT2D eigenvalue weighted by Gasteiger charge is -2.07. The molecule has 0 amide bonds. The molecule has 0 radical (unpaired) electrons. The van der Waals surface area contributed by atoms with Crippen LogP contribution in [0.5, 0.6) is 5.88 Å². The van der Waals surface area contributed by atoms with E-state index in [0.29, 0.717) is 0 Å². The number of nitrogens with zero attached hydrogens (tertiary/aromatic N) is 2. The average molecular weight is 354 g/mol. The summed E-state index contributed by atoms with van der Waals surface area (Å²) in [5.41, 5.74) is 7.76. The van der Waals surface area contributed by atoms with Crippen molar-refractivity contribution < 1.29 is 5.11 Å². The van der Waals surface area contributed by atoms with Crippen molar-refractivity contribution in [2.24, 2.45) is 0 Å². The van der Waals surface area contributed by atoms with Crippen LogP contribution in [0.3, 0.4) is 0 Å². The molecule has 3 heteroatoms. The Balaban J connectivity index is 2.00. The number of benzene rings is 3. The van der Waals surface area contributed by atoms with Crippen LogP contribution in [0.1, 0.15) is 16.7 Å². The minimum absolute atomic E-state index is 0.157. The predicted molar refractivity (Wildman–Crippen MR) is 110 cm³/mol. The molecule has 3 nitrogen and oxygen atoms in total. The molecular weight excluding hydrogens is 332 g/mol. The van der Waals surface area contributed by atoms with Crippen molar-refractivity contribution in [1.82, 2.24) is 9.78 Å². The normalized spacial score (nSPS) is 10.9. The fourth-order valence-electron chi connectivity index (χ4n) is 3.36. The van der Waals surface area contributed by atoms with Crippen LogP contribution in [0.25, 0.3) is 28.1 Å². The van der Waals surface area contributed by atoms with Crippen LogP contribution in [-0.2, 0) is 0 Å².